The molecule has 1 aromatic carbocycles. The van der Waals surface area contributed by atoms with Crippen LogP contribution >= 0.6 is 0 Å². The van der Waals surface area contributed by atoms with Gasteiger partial charge in [-0.1, -0.05) is 17.7 Å². The number of piperazine rings is 1. The Morgan fingerprint density at radius 1 is 1.07 bits per heavy atom. The molecule has 2 saturated heterocycles. The van der Waals surface area contributed by atoms with E-state index in [1.54, 1.807) is 12.1 Å². The molecule has 0 atom stereocenters. The van der Waals surface area contributed by atoms with Gasteiger partial charge < -0.3 is 9.64 Å². The normalized spacial score (nSPS) is 22.0. The van der Waals surface area contributed by atoms with E-state index >= 15 is 0 Å². The molecule has 2 aliphatic rings. The first-order valence-corrected chi connectivity index (χ1v) is 10.8. The van der Waals surface area contributed by atoms with Gasteiger partial charge in [0, 0.05) is 32.7 Å². The van der Waals surface area contributed by atoms with Gasteiger partial charge in [0.1, 0.15) is 0 Å². The second kappa shape index (κ2) is 7.87. The van der Waals surface area contributed by atoms with Gasteiger partial charge in [0.05, 0.1) is 30.2 Å². The Hall–Kier alpha value is -1.48. The lowest BCUT2D eigenvalue weighted by atomic mass is 10.0. The average Bonchev–Trinajstić information content (AvgIpc) is 2.62. The van der Waals surface area contributed by atoms with Crippen molar-refractivity contribution in [2.45, 2.75) is 31.2 Å². The molecule has 8 heteroatoms. The first-order chi connectivity index (χ1) is 12.7. The zero-order valence-electron chi connectivity index (χ0n) is 16.3. The highest BCUT2D eigenvalue weighted by atomic mass is 32.2. The van der Waals surface area contributed by atoms with Gasteiger partial charge in [-0.2, -0.15) is 4.31 Å². The van der Waals surface area contributed by atoms with E-state index in [4.69, 9.17) is 4.74 Å². The van der Waals surface area contributed by atoms with Gasteiger partial charge in [0.15, 0.2) is 0 Å². The number of hydrogen-bond acceptors (Lipinski definition) is 5. The summed E-state index contributed by atoms with van der Waals surface area (Å²) in [6.07, 6.45) is 0. The van der Waals surface area contributed by atoms with Gasteiger partial charge in [-0.15, -0.1) is 0 Å². The Bertz CT molecular complexity index is 769. The van der Waals surface area contributed by atoms with Crippen molar-refractivity contribution in [2.24, 2.45) is 0 Å². The Morgan fingerprint density at radius 2 is 1.70 bits per heavy atom. The van der Waals surface area contributed by atoms with E-state index in [1.807, 2.05) is 42.7 Å². The van der Waals surface area contributed by atoms with E-state index in [1.165, 1.54) is 4.31 Å². The molecule has 0 saturated carbocycles. The maximum absolute atomic E-state index is 12.8. The van der Waals surface area contributed by atoms with Crippen molar-refractivity contribution in [1.29, 1.82) is 0 Å². The highest BCUT2D eigenvalue weighted by Gasteiger charge is 2.35. The molecule has 2 heterocycles. The van der Waals surface area contributed by atoms with Crippen LogP contribution in [-0.2, 0) is 19.6 Å². The van der Waals surface area contributed by atoms with Gasteiger partial charge in [0.2, 0.25) is 15.9 Å². The monoisotopic (exact) mass is 395 g/mol. The lowest BCUT2D eigenvalue weighted by Gasteiger charge is -2.43. The number of amides is 1. The Labute approximate surface area is 161 Å². The molecule has 7 nitrogen and oxygen atoms in total. The van der Waals surface area contributed by atoms with Gasteiger partial charge in [-0.3, -0.25) is 9.69 Å². The summed E-state index contributed by atoms with van der Waals surface area (Å²) in [5.41, 5.74) is 0.731. The van der Waals surface area contributed by atoms with Gasteiger partial charge in [0.25, 0.3) is 0 Å². The van der Waals surface area contributed by atoms with Crippen LogP contribution in [0.15, 0.2) is 29.2 Å². The molecule has 0 N–H and O–H groups in total. The number of benzene rings is 1. The third kappa shape index (κ3) is 4.51. The van der Waals surface area contributed by atoms with Crippen LogP contribution in [0, 0.1) is 6.92 Å². The molecule has 2 aliphatic heterocycles. The van der Waals surface area contributed by atoms with Crippen LogP contribution in [0.1, 0.15) is 19.4 Å². The fourth-order valence-electron chi connectivity index (χ4n) is 3.58. The first kappa shape index (κ1) is 20.3. The van der Waals surface area contributed by atoms with Crippen molar-refractivity contribution in [3.05, 3.63) is 29.8 Å². The standard InChI is InChI=1S/C19H29N3O4S/c1-16-4-6-17(7-5-16)27(24,25)21-10-8-20(9-11-21)14-18(23)22-12-13-26-15-19(22,2)3/h4-7H,8-15H2,1-3H3. The summed E-state index contributed by atoms with van der Waals surface area (Å²) in [6, 6.07) is 6.93. The topological polar surface area (TPSA) is 70.2 Å². The fraction of sp³-hybridized carbons (Fsp3) is 0.632. The minimum Gasteiger partial charge on any atom is -0.377 e. The zero-order chi connectivity index (χ0) is 19.7. The summed E-state index contributed by atoms with van der Waals surface area (Å²) in [6.45, 7) is 9.90. The second-order valence-corrected chi connectivity index (χ2v) is 9.84. The predicted octanol–water partition coefficient (Wildman–Crippen LogP) is 0.939. The number of hydrogen-bond donors (Lipinski definition) is 0. The molecule has 150 valence electrons. The van der Waals surface area contributed by atoms with Crippen LogP contribution < -0.4 is 0 Å². The number of morpholine rings is 1. The molecule has 0 unspecified atom stereocenters. The Balaban J connectivity index is 1.57. The highest BCUT2D eigenvalue weighted by Crippen LogP contribution is 2.21. The number of nitrogens with zero attached hydrogens (tertiary/aromatic N) is 3. The molecule has 27 heavy (non-hydrogen) atoms. The fourth-order valence-corrected chi connectivity index (χ4v) is 5.01. The molecule has 2 fully saturated rings. The molecule has 0 aliphatic carbocycles. The number of ether oxygens (including phenoxy) is 1. The molecule has 0 bridgehead atoms. The average molecular weight is 396 g/mol. The summed E-state index contributed by atoms with van der Waals surface area (Å²) in [4.78, 5) is 17.0. The van der Waals surface area contributed by atoms with Crippen molar-refractivity contribution in [2.75, 3.05) is 52.5 Å². The number of rotatable bonds is 4. The lowest BCUT2D eigenvalue weighted by Crippen LogP contribution is -2.59. The van der Waals surface area contributed by atoms with Crippen LogP contribution in [0.5, 0.6) is 0 Å². The minimum absolute atomic E-state index is 0.0816. The number of aryl methyl sites for hydroxylation is 1. The van der Waals surface area contributed by atoms with E-state index in [9.17, 15) is 13.2 Å². The van der Waals surface area contributed by atoms with Gasteiger partial charge in [-0.05, 0) is 32.9 Å². The molecular formula is C19H29N3O4S. The van der Waals surface area contributed by atoms with Crippen molar-refractivity contribution >= 4 is 15.9 Å². The zero-order valence-corrected chi connectivity index (χ0v) is 17.2. The van der Waals surface area contributed by atoms with E-state index in [-0.39, 0.29) is 11.4 Å². The predicted molar refractivity (Wildman–Crippen MR) is 103 cm³/mol. The number of carbonyl (C=O) groups is 1. The molecule has 3 rings (SSSR count). The maximum Gasteiger partial charge on any atom is 0.243 e. The third-order valence-corrected chi connectivity index (χ3v) is 7.21. The largest absolute Gasteiger partial charge is 0.377 e. The molecule has 1 amide bonds. The minimum atomic E-state index is -3.47. The first-order valence-electron chi connectivity index (χ1n) is 9.37. The summed E-state index contributed by atoms with van der Waals surface area (Å²) >= 11 is 0. The lowest BCUT2D eigenvalue weighted by molar-refractivity contribution is -0.147. The summed E-state index contributed by atoms with van der Waals surface area (Å²) < 4.78 is 32.5. The number of sulfonamides is 1. The molecular weight excluding hydrogens is 366 g/mol. The van der Waals surface area contributed by atoms with Crippen LogP contribution in [0.4, 0.5) is 0 Å². The SMILES string of the molecule is Cc1ccc(S(=O)(=O)N2CCN(CC(=O)N3CCOCC3(C)C)CC2)cc1. The van der Waals surface area contributed by atoms with Crippen LogP contribution in [-0.4, -0.2) is 86.5 Å². The van der Waals surface area contributed by atoms with E-state index < -0.39 is 10.0 Å². The molecule has 0 aromatic heterocycles. The molecule has 0 spiro atoms. The molecule has 0 radical (unpaired) electrons. The summed E-state index contributed by atoms with van der Waals surface area (Å²) in [5, 5.41) is 0. The quantitative estimate of drug-likeness (QED) is 0.759. The van der Waals surface area contributed by atoms with Crippen molar-refractivity contribution in [1.82, 2.24) is 14.1 Å². The Morgan fingerprint density at radius 3 is 2.30 bits per heavy atom. The smallest absolute Gasteiger partial charge is 0.243 e. The summed E-state index contributed by atoms with van der Waals surface area (Å²) in [5.74, 6) is 0.0816. The van der Waals surface area contributed by atoms with E-state index in [0.29, 0.717) is 57.4 Å². The van der Waals surface area contributed by atoms with Crippen LogP contribution in [0.25, 0.3) is 0 Å². The van der Waals surface area contributed by atoms with Crippen molar-refractivity contribution < 1.29 is 17.9 Å². The highest BCUT2D eigenvalue weighted by molar-refractivity contribution is 7.89. The van der Waals surface area contributed by atoms with Gasteiger partial charge >= 0.3 is 0 Å². The van der Waals surface area contributed by atoms with Gasteiger partial charge in [-0.25, -0.2) is 8.42 Å². The van der Waals surface area contributed by atoms with Crippen LogP contribution in [0.2, 0.25) is 0 Å². The maximum atomic E-state index is 12.8. The van der Waals surface area contributed by atoms with E-state index in [2.05, 4.69) is 0 Å². The second-order valence-electron chi connectivity index (χ2n) is 7.90. The van der Waals surface area contributed by atoms with E-state index in [0.717, 1.165) is 5.56 Å². The van der Waals surface area contributed by atoms with Crippen LogP contribution in [0.3, 0.4) is 0 Å². The number of carbonyl (C=O) groups excluding carboxylic acids is 1. The molecule has 1 aromatic rings. The van der Waals surface area contributed by atoms with Crippen molar-refractivity contribution in [3.63, 3.8) is 0 Å². The third-order valence-electron chi connectivity index (χ3n) is 5.30. The van der Waals surface area contributed by atoms with Crippen molar-refractivity contribution in [3.8, 4) is 0 Å². The summed E-state index contributed by atoms with van der Waals surface area (Å²) in [7, 11) is -3.47. The Kier molecular flexibility index (Phi) is 5.90.